The molecule has 0 radical (unpaired) electrons. The minimum Gasteiger partial charge on any atom is -0.481 e. The molecule has 0 aromatic heterocycles. The standard InChI is InChI=1S/C11H18O4/c1-8(10(12)13)9-2-4-15-11(6-9)3-5-14-7-11/h8-9H,2-7H2,1H3,(H,12,13). The molecule has 0 bridgehead atoms. The van der Waals surface area contributed by atoms with Crippen LogP contribution in [0.25, 0.3) is 0 Å². The molecule has 2 saturated heterocycles. The van der Waals surface area contributed by atoms with Crippen molar-refractivity contribution in [3.63, 3.8) is 0 Å². The molecule has 3 unspecified atom stereocenters. The van der Waals surface area contributed by atoms with Gasteiger partial charge in [-0.2, -0.15) is 0 Å². The molecule has 4 nitrogen and oxygen atoms in total. The van der Waals surface area contributed by atoms with Gasteiger partial charge >= 0.3 is 5.97 Å². The van der Waals surface area contributed by atoms with Gasteiger partial charge in [0.05, 0.1) is 18.1 Å². The summed E-state index contributed by atoms with van der Waals surface area (Å²) in [5.74, 6) is -0.736. The maximum atomic E-state index is 10.9. The quantitative estimate of drug-likeness (QED) is 0.752. The summed E-state index contributed by atoms with van der Waals surface area (Å²) in [7, 11) is 0. The van der Waals surface area contributed by atoms with Gasteiger partial charge in [-0.25, -0.2) is 0 Å². The van der Waals surface area contributed by atoms with Crippen LogP contribution >= 0.6 is 0 Å². The summed E-state index contributed by atoms with van der Waals surface area (Å²) in [4.78, 5) is 10.9. The molecule has 2 aliphatic rings. The number of rotatable bonds is 2. The zero-order chi connectivity index (χ0) is 10.9. The molecule has 2 fully saturated rings. The molecule has 0 amide bonds. The lowest BCUT2D eigenvalue weighted by atomic mass is 9.79. The third-order valence-electron chi connectivity index (χ3n) is 3.69. The number of aliphatic carboxylic acids is 1. The Morgan fingerprint density at radius 3 is 2.93 bits per heavy atom. The second-order valence-corrected chi connectivity index (χ2v) is 4.71. The molecule has 86 valence electrons. The maximum Gasteiger partial charge on any atom is 0.306 e. The Morgan fingerprint density at radius 2 is 2.33 bits per heavy atom. The zero-order valence-corrected chi connectivity index (χ0v) is 9.07. The molecule has 0 aromatic carbocycles. The zero-order valence-electron chi connectivity index (χ0n) is 9.07. The summed E-state index contributed by atoms with van der Waals surface area (Å²) < 4.78 is 11.1. The predicted molar refractivity (Wildman–Crippen MR) is 53.6 cm³/mol. The Kier molecular flexibility index (Phi) is 2.98. The second kappa shape index (κ2) is 4.10. The first kappa shape index (κ1) is 10.9. The normalized spacial score (nSPS) is 38.1. The largest absolute Gasteiger partial charge is 0.481 e. The molecule has 0 aromatic rings. The SMILES string of the molecule is CC(C(=O)O)C1CCOC2(CCOC2)C1. The van der Waals surface area contributed by atoms with Gasteiger partial charge in [0, 0.05) is 19.6 Å². The first-order valence-electron chi connectivity index (χ1n) is 5.57. The van der Waals surface area contributed by atoms with E-state index < -0.39 is 5.97 Å². The highest BCUT2D eigenvalue weighted by Crippen LogP contribution is 2.38. The first-order chi connectivity index (χ1) is 7.13. The van der Waals surface area contributed by atoms with E-state index in [1.54, 1.807) is 6.92 Å². The monoisotopic (exact) mass is 214 g/mol. The Hall–Kier alpha value is -0.610. The summed E-state index contributed by atoms with van der Waals surface area (Å²) in [6.07, 6.45) is 2.60. The van der Waals surface area contributed by atoms with Crippen LogP contribution in [0.5, 0.6) is 0 Å². The Labute approximate surface area is 89.6 Å². The molecule has 1 spiro atoms. The molecule has 2 rings (SSSR count). The van der Waals surface area contributed by atoms with Gasteiger partial charge in [-0.15, -0.1) is 0 Å². The number of ether oxygens (including phenoxy) is 2. The van der Waals surface area contributed by atoms with E-state index >= 15 is 0 Å². The smallest absolute Gasteiger partial charge is 0.306 e. The maximum absolute atomic E-state index is 10.9. The highest BCUT2D eigenvalue weighted by Gasteiger charge is 2.43. The molecular weight excluding hydrogens is 196 g/mol. The van der Waals surface area contributed by atoms with E-state index in [1.807, 2.05) is 0 Å². The van der Waals surface area contributed by atoms with Crippen LogP contribution in [0.2, 0.25) is 0 Å². The van der Waals surface area contributed by atoms with E-state index in [0.29, 0.717) is 13.2 Å². The van der Waals surface area contributed by atoms with Gasteiger partial charge in [0.2, 0.25) is 0 Å². The molecule has 1 N–H and O–H groups in total. The molecule has 0 saturated carbocycles. The van der Waals surface area contributed by atoms with Crippen LogP contribution < -0.4 is 0 Å². The van der Waals surface area contributed by atoms with Crippen LogP contribution in [0.3, 0.4) is 0 Å². The summed E-state index contributed by atoms with van der Waals surface area (Å²) in [5.41, 5.74) is -0.174. The highest BCUT2D eigenvalue weighted by molar-refractivity contribution is 5.69. The van der Waals surface area contributed by atoms with Gasteiger partial charge in [-0.05, 0) is 18.8 Å². The van der Waals surface area contributed by atoms with Gasteiger partial charge in [0.15, 0.2) is 0 Å². The molecule has 4 heteroatoms. The van der Waals surface area contributed by atoms with Crippen molar-refractivity contribution in [3.05, 3.63) is 0 Å². The van der Waals surface area contributed by atoms with Crippen molar-refractivity contribution in [2.24, 2.45) is 11.8 Å². The number of hydrogen-bond acceptors (Lipinski definition) is 3. The molecule has 2 aliphatic heterocycles. The van der Waals surface area contributed by atoms with Crippen molar-refractivity contribution >= 4 is 5.97 Å². The lowest BCUT2D eigenvalue weighted by molar-refractivity contribution is -0.149. The third kappa shape index (κ3) is 2.16. The van der Waals surface area contributed by atoms with E-state index in [0.717, 1.165) is 25.9 Å². The summed E-state index contributed by atoms with van der Waals surface area (Å²) in [6.45, 7) is 3.84. The number of hydrogen-bond donors (Lipinski definition) is 1. The fourth-order valence-corrected chi connectivity index (χ4v) is 2.56. The van der Waals surface area contributed by atoms with Crippen LogP contribution in [-0.2, 0) is 14.3 Å². The van der Waals surface area contributed by atoms with Crippen molar-refractivity contribution in [3.8, 4) is 0 Å². The van der Waals surface area contributed by atoms with E-state index in [-0.39, 0.29) is 17.4 Å². The van der Waals surface area contributed by atoms with Crippen molar-refractivity contribution in [2.75, 3.05) is 19.8 Å². The average molecular weight is 214 g/mol. The van der Waals surface area contributed by atoms with Gasteiger partial charge in [0.25, 0.3) is 0 Å². The lowest BCUT2D eigenvalue weighted by Gasteiger charge is -2.38. The highest BCUT2D eigenvalue weighted by atomic mass is 16.6. The Balaban J connectivity index is 2.00. The van der Waals surface area contributed by atoms with Crippen LogP contribution in [0.1, 0.15) is 26.2 Å². The van der Waals surface area contributed by atoms with Crippen LogP contribution in [0.15, 0.2) is 0 Å². The number of carboxylic acid groups (broad SMARTS) is 1. The lowest BCUT2D eigenvalue weighted by Crippen LogP contribution is -2.43. The van der Waals surface area contributed by atoms with Crippen LogP contribution in [-0.4, -0.2) is 36.5 Å². The van der Waals surface area contributed by atoms with Gasteiger partial charge < -0.3 is 14.6 Å². The Bertz CT molecular complexity index is 245. The van der Waals surface area contributed by atoms with E-state index in [1.165, 1.54) is 0 Å². The topological polar surface area (TPSA) is 55.8 Å². The summed E-state index contributed by atoms with van der Waals surface area (Å²) >= 11 is 0. The number of carboxylic acids is 1. The van der Waals surface area contributed by atoms with Crippen molar-refractivity contribution in [2.45, 2.75) is 31.8 Å². The summed E-state index contributed by atoms with van der Waals surface area (Å²) in [6, 6.07) is 0. The van der Waals surface area contributed by atoms with Gasteiger partial charge in [-0.3, -0.25) is 4.79 Å². The third-order valence-corrected chi connectivity index (χ3v) is 3.69. The second-order valence-electron chi connectivity index (χ2n) is 4.71. The van der Waals surface area contributed by atoms with Crippen LogP contribution in [0, 0.1) is 11.8 Å². The predicted octanol–water partition coefficient (Wildman–Crippen LogP) is 1.29. The Morgan fingerprint density at radius 1 is 1.53 bits per heavy atom. The minimum atomic E-state index is -0.698. The first-order valence-corrected chi connectivity index (χ1v) is 5.57. The van der Waals surface area contributed by atoms with Gasteiger partial charge in [0.1, 0.15) is 0 Å². The number of carbonyl (C=O) groups is 1. The molecule has 3 atom stereocenters. The fraction of sp³-hybridized carbons (Fsp3) is 0.909. The summed E-state index contributed by atoms with van der Waals surface area (Å²) in [5, 5.41) is 8.99. The van der Waals surface area contributed by atoms with Crippen molar-refractivity contribution in [1.29, 1.82) is 0 Å². The molecule has 2 heterocycles. The van der Waals surface area contributed by atoms with E-state index in [9.17, 15) is 4.79 Å². The van der Waals surface area contributed by atoms with Crippen molar-refractivity contribution < 1.29 is 19.4 Å². The van der Waals surface area contributed by atoms with Gasteiger partial charge in [-0.1, -0.05) is 6.92 Å². The minimum absolute atomic E-state index is 0.174. The average Bonchev–Trinajstić information content (AvgIpc) is 2.65. The van der Waals surface area contributed by atoms with Crippen molar-refractivity contribution in [1.82, 2.24) is 0 Å². The van der Waals surface area contributed by atoms with E-state index in [2.05, 4.69) is 0 Å². The fourth-order valence-electron chi connectivity index (χ4n) is 2.56. The molecule has 0 aliphatic carbocycles. The van der Waals surface area contributed by atoms with Crippen LogP contribution in [0.4, 0.5) is 0 Å². The molecule has 15 heavy (non-hydrogen) atoms. The molecular formula is C11H18O4. The van der Waals surface area contributed by atoms with E-state index in [4.69, 9.17) is 14.6 Å².